The van der Waals surface area contributed by atoms with Crippen molar-refractivity contribution in [1.82, 2.24) is 25.5 Å². The SMILES string of the molecule is COc1ccc(-c2nnn(CC(=O)N(c3ccc(F)c(Cl)c3)[C@@H](C)C(=O)NC(C)(C)C)n2)cc1OC. The highest BCUT2D eigenvalue weighted by Gasteiger charge is 2.30. The summed E-state index contributed by atoms with van der Waals surface area (Å²) in [5, 5.41) is 14.9. The van der Waals surface area contributed by atoms with Crippen LogP contribution in [0.15, 0.2) is 36.4 Å². The molecule has 1 N–H and O–H groups in total. The highest BCUT2D eigenvalue weighted by Crippen LogP contribution is 2.31. The van der Waals surface area contributed by atoms with Crippen molar-refractivity contribution in [3.8, 4) is 22.9 Å². The van der Waals surface area contributed by atoms with E-state index in [4.69, 9.17) is 21.1 Å². The van der Waals surface area contributed by atoms with Gasteiger partial charge in [0, 0.05) is 16.8 Å². The van der Waals surface area contributed by atoms with Crippen molar-refractivity contribution < 1.29 is 23.5 Å². The molecule has 0 aliphatic carbocycles. The van der Waals surface area contributed by atoms with Crippen LogP contribution in [-0.2, 0) is 16.1 Å². The van der Waals surface area contributed by atoms with E-state index in [9.17, 15) is 14.0 Å². The molecule has 0 unspecified atom stereocenters. The summed E-state index contributed by atoms with van der Waals surface area (Å²) in [6, 6.07) is 7.99. The number of hydrogen-bond acceptors (Lipinski definition) is 7. The number of tetrazole rings is 1. The van der Waals surface area contributed by atoms with Gasteiger partial charge < -0.3 is 14.8 Å². The van der Waals surface area contributed by atoms with Crippen LogP contribution < -0.4 is 19.7 Å². The lowest BCUT2D eigenvalue weighted by atomic mass is 10.1. The lowest BCUT2D eigenvalue weighted by Gasteiger charge is -2.31. The minimum absolute atomic E-state index is 0.177. The molecule has 0 saturated carbocycles. The molecule has 0 aliphatic heterocycles. The Morgan fingerprint density at radius 3 is 2.44 bits per heavy atom. The number of benzene rings is 2. The van der Waals surface area contributed by atoms with Crippen LogP contribution in [0.5, 0.6) is 11.5 Å². The maximum Gasteiger partial charge on any atom is 0.251 e. The predicted octanol–water partition coefficient (Wildman–Crippen LogP) is 3.49. The summed E-state index contributed by atoms with van der Waals surface area (Å²) in [4.78, 5) is 28.6. The number of hydrogen-bond donors (Lipinski definition) is 1. The molecule has 1 aromatic heterocycles. The predicted molar refractivity (Wildman–Crippen MR) is 133 cm³/mol. The molecule has 12 heteroatoms. The topological polar surface area (TPSA) is 111 Å². The number of ether oxygens (including phenoxy) is 2. The van der Waals surface area contributed by atoms with Crippen molar-refractivity contribution in [2.24, 2.45) is 0 Å². The van der Waals surface area contributed by atoms with E-state index in [2.05, 4.69) is 20.7 Å². The summed E-state index contributed by atoms with van der Waals surface area (Å²) < 4.78 is 24.3. The summed E-state index contributed by atoms with van der Waals surface area (Å²) in [5.74, 6) is -0.268. The van der Waals surface area contributed by atoms with Crippen molar-refractivity contribution in [3.63, 3.8) is 0 Å². The molecule has 3 aromatic rings. The third-order valence-corrected chi connectivity index (χ3v) is 5.38. The number of anilines is 1. The fourth-order valence-corrected chi connectivity index (χ4v) is 3.58. The van der Waals surface area contributed by atoms with E-state index < -0.39 is 29.2 Å². The summed E-state index contributed by atoms with van der Waals surface area (Å²) in [6.07, 6.45) is 0. The van der Waals surface area contributed by atoms with E-state index >= 15 is 0 Å². The van der Waals surface area contributed by atoms with Crippen molar-refractivity contribution in [1.29, 1.82) is 0 Å². The first-order valence-corrected chi connectivity index (χ1v) is 11.4. The summed E-state index contributed by atoms with van der Waals surface area (Å²) in [7, 11) is 3.04. The Hall–Kier alpha value is -3.73. The maximum atomic E-state index is 13.8. The van der Waals surface area contributed by atoms with E-state index in [0.29, 0.717) is 17.1 Å². The Kier molecular flexibility index (Phi) is 8.13. The van der Waals surface area contributed by atoms with Crippen LogP contribution in [0.1, 0.15) is 27.7 Å². The van der Waals surface area contributed by atoms with E-state index in [1.54, 1.807) is 25.1 Å². The smallest absolute Gasteiger partial charge is 0.251 e. The molecule has 0 radical (unpaired) electrons. The van der Waals surface area contributed by atoms with E-state index in [0.717, 1.165) is 10.9 Å². The van der Waals surface area contributed by atoms with Gasteiger partial charge in [-0.1, -0.05) is 11.6 Å². The normalized spacial score (nSPS) is 12.1. The molecule has 1 atom stereocenters. The molecule has 36 heavy (non-hydrogen) atoms. The van der Waals surface area contributed by atoms with Crippen LogP contribution in [0, 0.1) is 5.82 Å². The van der Waals surface area contributed by atoms with Crippen LogP contribution in [0.3, 0.4) is 0 Å². The number of carbonyl (C=O) groups excluding carboxylic acids is 2. The largest absolute Gasteiger partial charge is 0.493 e. The number of carbonyl (C=O) groups is 2. The lowest BCUT2D eigenvalue weighted by molar-refractivity contribution is -0.127. The molecule has 0 fully saturated rings. The standard InChI is InChI=1S/C24H28ClFN6O4/c1-14(23(34)27-24(2,3)4)32(16-8-9-18(26)17(25)12-16)21(33)13-31-29-22(28-30-31)15-7-10-19(35-5)20(11-15)36-6/h7-12,14H,13H2,1-6H3,(H,27,34)/t14-/m0/s1. The van der Waals surface area contributed by atoms with Gasteiger partial charge in [-0.3, -0.25) is 14.5 Å². The van der Waals surface area contributed by atoms with E-state index in [-0.39, 0.29) is 23.1 Å². The number of nitrogens with zero attached hydrogens (tertiary/aromatic N) is 5. The monoisotopic (exact) mass is 518 g/mol. The Bertz CT molecular complexity index is 1260. The zero-order valence-electron chi connectivity index (χ0n) is 20.9. The molecule has 0 saturated heterocycles. The van der Waals surface area contributed by atoms with Crippen molar-refractivity contribution in [3.05, 3.63) is 47.2 Å². The molecule has 1 heterocycles. The third-order valence-electron chi connectivity index (χ3n) is 5.09. The van der Waals surface area contributed by atoms with Gasteiger partial charge in [0.25, 0.3) is 5.91 Å². The van der Waals surface area contributed by atoms with Gasteiger partial charge in [-0.2, -0.15) is 4.80 Å². The van der Waals surface area contributed by atoms with Crippen molar-refractivity contribution in [2.75, 3.05) is 19.1 Å². The Morgan fingerprint density at radius 1 is 1.14 bits per heavy atom. The average Bonchev–Trinajstić information content (AvgIpc) is 3.28. The maximum absolute atomic E-state index is 13.8. The summed E-state index contributed by atoms with van der Waals surface area (Å²) in [6.45, 7) is 6.72. The average molecular weight is 519 g/mol. The molecule has 2 amide bonds. The Balaban J connectivity index is 1.89. The summed E-state index contributed by atoms with van der Waals surface area (Å²) in [5.41, 5.74) is 0.331. The number of nitrogens with one attached hydrogen (secondary N) is 1. The van der Waals surface area contributed by atoms with Gasteiger partial charge in [0.15, 0.2) is 11.5 Å². The first-order chi connectivity index (χ1) is 16.9. The molecule has 0 aliphatic rings. The Morgan fingerprint density at radius 2 is 1.83 bits per heavy atom. The molecule has 2 aromatic carbocycles. The van der Waals surface area contributed by atoms with Crippen molar-refractivity contribution in [2.45, 2.75) is 45.8 Å². The molecule has 0 spiro atoms. The second-order valence-electron chi connectivity index (χ2n) is 8.99. The van der Waals surface area contributed by atoms with Gasteiger partial charge in [0.1, 0.15) is 18.4 Å². The van der Waals surface area contributed by atoms with Crippen molar-refractivity contribution >= 4 is 29.1 Å². The second-order valence-corrected chi connectivity index (χ2v) is 9.40. The summed E-state index contributed by atoms with van der Waals surface area (Å²) >= 11 is 5.96. The van der Waals surface area contributed by atoms with Crippen LogP contribution in [0.4, 0.5) is 10.1 Å². The molecule has 3 rings (SSSR count). The minimum atomic E-state index is -0.938. The Labute approximate surface area is 213 Å². The van der Waals surface area contributed by atoms with E-state index in [1.165, 1.54) is 31.3 Å². The molecular weight excluding hydrogens is 491 g/mol. The van der Waals surface area contributed by atoms with Crippen LogP contribution in [0.25, 0.3) is 11.4 Å². The van der Waals surface area contributed by atoms with Gasteiger partial charge in [-0.05, 0) is 69.3 Å². The first-order valence-electron chi connectivity index (χ1n) is 11.0. The van der Waals surface area contributed by atoms with E-state index in [1.807, 2.05) is 20.8 Å². The number of rotatable bonds is 8. The third kappa shape index (κ3) is 6.28. The number of methoxy groups -OCH3 is 2. The van der Waals surface area contributed by atoms with Crippen LogP contribution in [0.2, 0.25) is 5.02 Å². The highest BCUT2D eigenvalue weighted by atomic mass is 35.5. The number of aromatic nitrogens is 4. The molecular formula is C24H28ClFN6O4. The fourth-order valence-electron chi connectivity index (χ4n) is 3.41. The molecule has 192 valence electrons. The quantitative estimate of drug-likeness (QED) is 0.486. The number of amides is 2. The van der Waals surface area contributed by atoms with Gasteiger partial charge >= 0.3 is 0 Å². The molecule has 10 nitrogen and oxygen atoms in total. The highest BCUT2D eigenvalue weighted by molar-refractivity contribution is 6.31. The second kappa shape index (κ2) is 10.9. The van der Waals surface area contributed by atoms with Crippen LogP contribution >= 0.6 is 11.6 Å². The van der Waals surface area contributed by atoms with Crippen LogP contribution in [-0.4, -0.2) is 57.8 Å². The first kappa shape index (κ1) is 26.9. The number of halogens is 2. The van der Waals surface area contributed by atoms with Gasteiger partial charge in [0.05, 0.1) is 19.2 Å². The fraction of sp³-hybridized carbons (Fsp3) is 0.375. The molecule has 0 bridgehead atoms. The van der Waals surface area contributed by atoms with Gasteiger partial charge in [0.2, 0.25) is 11.7 Å². The minimum Gasteiger partial charge on any atom is -0.493 e. The van der Waals surface area contributed by atoms with Gasteiger partial charge in [-0.15, -0.1) is 10.2 Å². The zero-order valence-corrected chi connectivity index (χ0v) is 21.6. The lowest BCUT2D eigenvalue weighted by Crippen LogP contribution is -2.53. The van der Waals surface area contributed by atoms with Gasteiger partial charge in [-0.25, -0.2) is 4.39 Å². The zero-order chi connectivity index (χ0) is 26.6.